The minimum atomic E-state index is -0.517. The lowest BCUT2D eigenvalue weighted by atomic mass is 9.83. The van der Waals surface area contributed by atoms with E-state index in [-0.39, 0.29) is 31.1 Å². The average molecular weight is 507 g/mol. The van der Waals surface area contributed by atoms with E-state index in [0.29, 0.717) is 71.8 Å². The van der Waals surface area contributed by atoms with E-state index in [0.717, 1.165) is 12.0 Å². The summed E-state index contributed by atoms with van der Waals surface area (Å²) < 4.78 is 28.3. The highest BCUT2D eigenvalue weighted by atomic mass is 16.7. The summed E-state index contributed by atoms with van der Waals surface area (Å²) in [5, 5.41) is 0. The first-order valence-corrected chi connectivity index (χ1v) is 12.7. The lowest BCUT2D eigenvalue weighted by Crippen LogP contribution is -2.24. The number of allylic oxidation sites excluding steroid dienone is 1. The van der Waals surface area contributed by atoms with Crippen LogP contribution in [-0.4, -0.2) is 37.7 Å². The van der Waals surface area contributed by atoms with Gasteiger partial charge in [-0.15, -0.1) is 0 Å². The number of benzene rings is 2. The van der Waals surface area contributed by atoms with Crippen molar-refractivity contribution in [3.05, 3.63) is 52.6 Å². The first kappa shape index (κ1) is 24.9. The molecule has 2 aromatic carbocycles. The molecule has 3 aliphatic rings. The lowest BCUT2D eigenvalue weighted by Gasteiger charge is -2.29. The molecule has 3 aliphatic heterocycles. The Balaban J connectivity index is 1.62. The van der Waals surface area contributed by atoms with Gasteiger partial charge in [-0.1, -0.05) is 18.2 Å². The van der Waals surface area contributed by atoms with Crippen molar-refractivity contribution in [1.29, 1.82) is 0 Å². The van der Waals surface area contributed by atoms with Gasteiger partial charge >= 0.3 is 11.9 Å². The molecule has 0 aliphatic carbocycles. The third kappa shape index (κ3) is 5.19. The highest BCUT2D eigenvalue weighted by molar-refractivity contribution is 5.99. The Kier molecular flexibility index (Phi) is 7.17. The summed E-state index contributed by atoms with van der Waals surface area (Å²) in [4.78, 5) is 38.3. The van der Waals surface area contributed by atoms with Crippen LogP contribution in [0.25, 0.3) is 6.08 Å². The fraction of sp³-hybridized carbons (Fsp3) is 0.414. The normalized spacial score (nSPS) is 21.8. The standard InChI is InChI=1S/C29H30O8/c1-17-7-6-10-20(30)9-5-3-4-8-19-14-24-27(28(33-2)26(19)29(32)36-17)21(15-25(31)37-24)18-11-12-22-23(13-18)35-16-34-22/h4,8,11-14,17,21H,3,5-7,9-10,15-16H2,1-2H3/t17-,21-/m1/s1. The van der Waals surface area contributed by atoms with Crippen molar-refractivity contribution in [2.75, 3.05) is 13.9 Å². The molecule has 2 aromatic rings. The third-order valence-corrected chi connectivity index (χ3v) is 6.96. The second-order valence-corrected chi connectivity index (χ2v) is 9.57. The molecule has 0 saturated heterocycles. The van der Waals surface area contributed by atoms with E-state index >= 15 is 0 Å². The Bertz CT molecular complexity index is 1260. The number of ketones is 1. The smallest absolute Gasteiger partial charge is 0.342 e. The highest BCUT2D eigenvalue weighted by Crippen LogP contribution is 2.49. The SMILES string of the molecule is COc1c2c(cc3c1[C@@H](c1ccc4c(c1)OCO4)CC(=O)O3)C=CCCCC(=O)CCC[C@@H](C)OC2=O. The van der Waals surface area contributed by atoms with Gasteiger partial charge in [0.05, 0.1) is 19.6 Å². The first-order chi connectivity index (χ1) is 17.9. The fourth-order valence-electron chi connectivity index (χ4n) is 5.12. The van der Waals surface area contributed by atoms with E-state index in [1.54, 1.807) is 12.1 Å². The molecule has 37 heavy (non-hydrogen) atoms. The van der Waals surface area contributed by atoms with Gasteiger partial charge in [0.1, 0.15) is 22.8 Å². The molecule has 5 rings (SSSR count). The third-order valence-electron chi connectivity index (χ3n) is 6.96. The average Bonchev–Trinajstić information content (AvgIpc) is 3.34. The van der Waals surface area contributed by atoms with Gasteiger partial charge in [0, 0.05) is 24.3 Å². The minimum Gasteiger partial charge on any atom is -0.495 e. The van der Waals surface area contributed by atoms with Crippen LogP contribution in [0, 0.1) is 0 Å². The molecule has 0 spiro atoms. The summed E-state index contributed by atoms with van der Waals surface area (Å²) in [6.07, 6.45) is 7.10. The van der Waals surface area contributed by atoms with Crippen LogP contribution >= 0.6 is 0 Å². The molecule has 8 nitrogen and oxygen atoms in total. The largest absolute Gasteiger partial charge is 0.495 e. The molecule has 0 fully saturated rings. The molecule has 194 valence electrons. The van der Waals surface area contributed by atoms with Crippen LogP contribution < -0.4 is 18.9 Å². The van der Waals surface area contributed by atoms with Gasteiger partial charge in [-0.2, -0.15) is 0 Å². The summed E-state index contributed by atoms with van der Waals surface area (Å²) in [6.45, 7) is 1.97. The van der Waals surface area contributed by atoms with E-state index in [1.165, 1.54) is 7.11 Å². The summed E-state index contributed by atoms with van der Waals surface area (Å²) >= 11 is 0. The van der Waals surface area contributed by atoms with Crippen molar-refractivity contribution in [1.82, 2.24) is 0 Å². The Labute approximate surface area is 215 Å². The molecule has 0 aromatic heterocycles. The van der Waals surface area contributed by atoms with Crippen molar-refractivity contribution in [3.63, 3.8) is 0 Å². The van der Waals surface area contributed by atoms with Crippen LogP contribution in [0.5, 0.6) is 23.0 Å². The molecule has 0 saturated carbocycles. The van der Waals surface area contributed by atoms with Crippen molar-refractivity contribution >= 4 is 23.8 Å². The topological polar surface area (TPSA) is 97.4 Å². The molecule has 3 heterocycles. The molecule has 8 heteroatoms. The molecule has 0 radical (unpaired) electrons. The lowest BCUT2D eigenvalue weighted by molar-refractivity contribution is -0.135. The first-order valence-electron chi connectivity index (χ1n) is 12.7. The zero-order chi connectivity index (χ0) is 25.9. The van der Waals surface area contributed by atoms with Crippen LogP contribution in [0.3, 0.4) is 0 Å². The number of methoxy groups -OCH3 is 1. The molecule has 0 unspecified atom stereocenters. The number of Topliss-reactive ketones (excluding diaryl/α,β-unsaturated/α-hetero) is 1. The van der Waals surface area contributed by atoms with Crippen LogP contribution in [0.4, 0.5) is 0 Å². The summed E-state index contributed by atoms with van der Waals surface area (Å²) in [5.74, 6) is 0.824. The van der Waals surface area contributed by atoms with Gasteiger partial charge in [0.15, 0.2) is 11.5 Å². The Hall–Kier alpha value is -3.81. The molecule has 0 bridgehead atoms. The van der Waals surface area contributed by atoms with Crippen LogP contribution in [0.1, 0.15) is 84.8 Å². The number of fused-ring (bicyclic) bond motifs is 3. The quantitative estimate of drug-likeness (QED) is 0.397. The Morgan fingerprint density at radius 2 is 1.78 bits per heavy atom. The number of esters is 2. The minimum absolute atomic E-state index is 0.0805. The van der Waals surface area contributed by atoms with Crippen LogP contribution in [0.15, 0.2) is 30.3 Å². The van der Waals surface area contributed by atoms with Gasteiger partial charge in [-0.25, -0.2) is 4.79 Å². The molecule has 0 amide bonds. The van der Waals surface area contributed by atoms with Crippen molar-refractivity contribution < 1.29 is 38.1 Å². The van der Waals surface area contributed by atoms with Gasteiger partial charge in [-0.05, 0) is 61.9 Å². The number of cyclic esters (lactones) is 1. The van der Waals surface area contributed by atoms with Gasteiger partial charge in [0.25, 0.3) is 0 Å². The van der Waals surface area contributed by atoms with E-state index in [1.807, 2.05) is 31.2 Å². The number of rotatable bonds is 2. The predicted molar refractivity (Wildman–Crippen MR) is 134 cm³/mol. The zero-order valence-corrected chi connectivity index (χ0v) is 21.0. The van der Waals surface area contributed by atoms with Crippen molar-refractivity contribution in [2.24, 2.45) is 0 Å². The van der Waals surface area contributed by atoms with Crippen molar-refractivity contribution in [2.45, 2.75) is 63.9 Å². The maximum Gasteiger partial charge on any atom is 0.342 e. The van der Waals surface area contributed by atoms with E-state index in [4.69, 9.17) is 23.7 Å². The predicted octanol–water partition coefficient (Wildman–Crippen LogP) is 5.35. The van der Waals surface area contributed by atoms with E-state index in [2.05, 4.69) is 0 Å². The fourth-order valence-corrected chi connectivity index (χ4v) is 5.12. The Morgan fingerprint density at radius 3 is 2.62 bits per heavy atom. The second-order valence-electron chi connectivity index (χ2n) is 9.57. The number of hydrogen-bond donors (Lipinski definition) is 0. The van der Waals surface area contributed by atoms with E-state index in [9.17, 15) is 14.4 Å². The van der Waals surface area contributed by atoms with Gasteiger partial charge < -0.3 is 23.7 Å². The van der Waals surface area contributed by atoms with Gasteiger partial charge in [-0.3, -0.25) is 9.59 Å². The van der Waals surface area contributed by atoms with Crippen LogP contribution in [-0.2, 0) is 14.3 Å². The number of carbonyl (C=O) groups excluding carboxylic acids is 3. The second kappa shape index (κ2) is 10.7. The number of hydrogen-bond acceptors (Lipinski definition) is 8. The van der Waals surface area contributed by atoms with Gasteiger partial charge in [0.2, 0.25) is 6.79 Å². The number of carbonyl (C=O) groups is 3. The highest BCUT2D eigenvalue weighted by Gasteiger charge is 2.36. The van der Waals surface area contributed by atoms with Crippen LogP contribution in [0.2, 0.25) is 0 Å². The number of ether oxygens (including phenoxy) is 5. The Morgan fingerprint density at radius 1 is 0.973 bits per heavy atom. The summed E-state index contributed by atoms with van der Waals surface area (Å²) in [5.41, 5.74) is 2.27. The molecule has 2 atom stereocenters. The summed E-state index contributed by atoms with van der Waals surface area (Å²) in [7, 11) is 1.50. The maximum absolute atomic E-state index is 13.5. The van der Waals surface area contributed by atoms with E-state index < -0.39 is 11.9 Å². The maximum atomic E-state index is 13.5. The van der Waals surface area contributed by atoms with Crippen molar-refractivity contribution in [3.8, 4) is 23.0 Å². The molecule has 0 N–H and O–H groups in total. The molecular formula is C29H30O8. The zero-order valence-electron chi connectivity index (χ0n) is 21.0. The summed E-state index contributed by atoms with van der Waals surface area (Å²) in [6, 6.07) is 7.24. The monoisotopic (exact) mass is 506 g/mol. The molecular weight excluding hydrogens is 476 g/mol.